The maximum Gasteiger partial charge on any atom is 0.258 e. The van der Waals surface area contributed by atoms with E-state index in [0.29, 0.717) is 11.2 Å². The number of carbonyl (C=O) groups is 1. The summed E-state index contributed by atoms with van der Waals surface area (Å²) in [4.78, 5) is 24.3. The van der Waals surface area contributed by atoms with Gasteiger partial charge in [-0.3, -0.25) is 4.79 Å². The van der Waals surface area contributed by atoms with Crippen molar-refractivity contribution >= 4 is 22.9 Å². The Kier molecular flexibility index (Phi) is 5.93. The highest BCUT2D eigenvalue weighted by Crippen LogP contribution is 2.21. The van der Waals surface area contributed by atoms with Crippen molar-refractivity contribution in [1.29, 1.82) is 0 Å². The first-order chi connectivity index (χ1) is 14.9. The van der Waals surface area contributed by atoms with Gasteiger partial charge in [0.15, 0.2) is 29.6 Å². The van der Waals surface area contributed by atoms with E-state index < -0.39 is 42.7 Å². The molecule has 0 spiro atoms. The van der Waals surface area contributed by atoms with Gasteiger partial charge >= 0.3 is 0 Å². The molecule has 0 aliphatic carbocycles. The number of ether oxygens (including phenoxy) is 2. The van der Waals surface area contributed by atoms with E-state index in [0.717, 1.165) is 0 Å². The van der Waals surface area contributed by atoms with Gasteiger partial charge in [-0.1, -0.05) is 12.1 Å². The number of aromatic nitrogens is 4. The zero-order valence-electron chi connectivity index (χ0n) is 16.3. The molecule has 11 nitrogen and oxygen atoms in total. The molecule has 4 rings (SSSR count). The molecule has 0 unspecified atom stereocenters. The van der Waals surface area contributed by atoms with Crippen molar-refractivity contribution in [2.45, 2.75) is 30.9 Å². The molecule has 1 amide bonds. The SMILES string of the molecule is Nc1ncnc2c1ncn2C[C@H]1OC[C@@H](NC(=O)COc2ccccc2F)[C@H](O)[C@@H]1O. The number of aliphatic hydroxyl groups excluding tert-OH is 2. The lowest BCUT2D eigenvalue weighted by atomic mass is 9.98. The molecule has 4 atom stereocenters. The average molecular weight is 432 g/mol. The van der Waals surface area contributed by atoms with E-state index in [1.165, 1.54) is 30.9 Å². The number of nitrogens with two attached hydrogens (primary N) is 1. The van der Waals surface area contributed by atoms with Gasteiger partial charge in [0.1, 0.15) is 30.2 Å². The summed E-state index contributed by atoms with van der Waals surface area (Å²) in [5.41, 5.74) is 6.66. The number of aliphatic hydroxyl groups is 2. The summed E-state index contributed by atoms with van der Waals surface area (Å²) in [6.45, 7) is -0.341. The van der Waals surface area contributed by atoms with Crippen LogP contribution in [0.3, 0.4) is 0 Å². The van der Waals surface area contributed by atoms with Gasteiger partial charge in [-0.25, -0.2) is 19.3 Å². The molecule has 0 radical (unpaired) electrons. The molecule has 5 N–H and O–H groups in total. The summed E-state index contributed by atoms with van der Waals surface area (Å²) in [5.74, 6) is -1.01. The quantitative estimate of drug-likeness (QED) is 0.393. The summed E-state index contributed by atoms with van der Waals surface area (Å²) in [7, 11) is 0. The fraction of sp³-hybridized carbons (Fsp3) is 0.368. The van der Waals surface area contributed by atoms with E-state index in [2.05, 4.69) is 20.3 Å². The first-order valence-corrected chi connectivity index (χ1v) is 9.49. The molecule has 1 aromatic carbocycles. The Hall–Kier alpha value is -3.35. The minimum absolute atomic E-state index is 0.0436. The Labute approximate surface area is 175 Å². The van der Waals surface area contributed by atoms with E-state index >= 15 is 0 Å². The molecule has 1 aliphatic rings. The summed E-state index contributed by atoms with van der Waals surface area (Å²) < 4.78 is 26.0. The molecule has 1 fully saturated rings. The Morgan fingerprint density at radius 1 is 1.29 bits per heavy atom. The average Bonchev–Trinajstić information content (AvgIpc) is 3.17. The number of imidazole rings is 1. The van der Waals surface area contributed by atoms with Crippen LogP contribution in [0.25, 0.3) is 11.2 Å². The Balaban J connectivity index is 1.34. The van der Waals surface area contributed by atoms with Crippen LogP contribution in [0.15, 0.2) is 36.9 Å². The second-order valence-electron chi connectivity index (χ2n) is 7.07. The van der Waals surface area contributed by atoms with Crippen molar-refractivity contribution in [1.82, 2.24) is 24.8 Å². The fourth-order valence-corrected chi connectivity index (χ4v) is 3.35. The number of amides is 1. The van der Waals surface area contributed by atoms with Gasteiger partial charge in [0.05, 0.1) is 25.5 Å². The summed E-state index contributed by atoms with van der Waals surface area (Å²) in [5, 5.41) is 23.5. The van der Waals surface area contributed by atoms with Gasteiger partial charge in [0.25, 0.3) is 5.91 Å². The molecule has 2 aromatic heterocycles. The molecule has 0 saturated carbocycles. The van der Waals surface area contributed by atoms with Crippen LogP contribution in [-0.4, -0.2) is 73.2 Å². The molecule has 164 valence electrons. The van der Waals surface area contributed by atoms with Crippen molar-refractivity contribution in [2.24, 2.45) is 0 Å². The second-order valence-corrected chi connectivity index (χ2v) is 7.07. The van der Waals surface area contributed by atoms with Crippen molar-refractivity contribution in [3.63, 3.8) is 0 Å². The van der Waals surface area contributed by atoms with Crippen LogP contribution >= 0.6 is 0 Å². The highest BCUT2D eigenvalue weighted by molar-refractivity contribution is 5.81. The minimum atomic E-state index is -1.29. The summed E-state index contributed by atoms with van der Waals surface area (Å²) in [6.07, 6.45) is -0.552. The second kappa shape index (κ2) is 8.79. The normalized spacial score (nSPS) is 23.6. The number of hydrogen-bond donors (Lipinski definition) is 4. The molecular formula is C19H21FN6O5. The molecule has 1 aliphatic heterocycles. The largest absolute Gasteiger partial charge is 0.481 e. The zero-order valence-corrected chi connectivity index (χ0v) is 16.3. The number of carbonyl (C=O) groups excluding carboxylic acids is 1. The molecule has 31 heavy (non-hydrogen) atoms. The fourth-order valence-electron chi connectivity index (χ4n) is 3.35. The number of nitrogens with one attached hydrogen (secondary N) is 1. The summed E-state index contributed by atoms with van der Waals surface area (Å²) >= 11 is 0. The number of anilines is 1. The molecule has 3 aromatic rings. The maximum atomic E-state index is 13.6. The standard InChI is InChI=1S/C19H21FN6O5/c20-10-3-1-2-4-12(10)31-7-14(27)25-11-6-30-13(17(29)16(11)28)5-26-9-24-15-18(21)22-8-23-19(15)26/h1-4,8-9,11,13,16-17,28-29H,5-7H2,(H,25,27)(H2,21,22,23)/t11-,13-,16+,17-/m1/s1. The van der Waals surface area contributed by atoms with Crippen LogP contribution in [0.4, 0.5) is 10.2 Å². The zero-order chi connectivity index (χ0) is 22.0. The van der Waals surface area contributed by atoms with Crippen molar-refractivity contribution < 1.29 is 28.9 Å². The Morgan fingerprint density at radius 3 is 2.90 bits per heavy atom. The highest BCUT2D eigenvalue weighted by Gasteiger charge is 2.39. The number of nitrogen functional groups attached to an aromatic ring is 1. The van der Waals surface area contributed by atoms with Gasteiger partial charge in [-0.15, -0.1) is 0 Å². The lowest BCUT2D eigenvalue weighted by Gasteiger charge is -2.38. The topological polar surface area (TPSA) is 158 Å². The molecule has 3 heterocycles. The number of benzene rings is 1. The van der Waals surface area contributed by atoms with E-state index in [1.807, 2.05) is 0 Å². The maximum absolute atomic E-state index is 13.6. The number of rotatable bonds is 6. The van der Waals surface area contributed by atoms with Crippen LogP contribution in [0.1, 0.15) is 0 Å². The highest BCUT2D eigenvalue weighted by atomic mass is 19.1. The number of hydrogen-bond acceptors (Lipinski definition) is 9. The first-order valence-electron chi connectivity index (χ1n) is 9.49. The van der Waals surface area contributed by atoms with Crippen LogP contribution in [0.2, 0.25) is 0 Å². The molecule has 1 saturated heterocycles. The van der Waals surface area contributed by atoms with Gasteiger partial charge in [-0.2, -0.15) is 0 Å². The molecular weight excluding hydrogens is 411 g/mol. The van der Waals surface area contributed by atoms with Crippen LogP contribution in [0.5, 0.6) is 5.75 Å². The molecule has 0 bridgehead atoms. The predicted molar refractivity (Wildman–Crippen MR) is 105 cm³/mol. The minimum Gasteiger partial charge on any atom is -0.481 e. The van der Waals surface area contributed by atoms with Crippen LogP contribution in [0, 0.1) is 5.82 Å². The number of para-hydroxylation sites is 1. The first kappa shape index (κ1) is 20.9. The van der Waals surface area contributed by atoms with E-state index in [4.69, 9.17) is 15.2 Å². The third-order valence-electron chi connectivity index (χ3n) is 4.98. The number of fused-ring (bicyclic) bond motifs is 1. The monoisotopic (exact) mass is 432 g/mol. The third kappa shape index (κ3) is 4.40. The van der Waals surface area contributed by atoms with Crippen molar-refractivity contribution in [2.75, 3.05) is 18.9 Å². The van der Waals surface area contributed by atoms with E-state index in [-0.39, 0.29) is 24.7 Å². The predicted octanol–water partition coefficient (Wildman–Crippen LogP) is -0.768. The van der Waals surface area contributed by atoms with Gasteiger partial charge in [-0.05, 0) is 12.1 Å². The lowest BCUT2D eigenvalue weighted by Crippen LogP contribution is -2.60. The Bertz CT molecular complexity index is 1080. The van der Waals surface area contributed by atoms with Crippen molar-refractivity contribution in [3.8, 4) is 5.75 Å². The lowest BCUT2D eigenvalue weighted by molar-refractivity contribution is -0.158. The van der Waals surface area contributed by atoms with E-state index in [9.17, 15) is 19.4 Å². The van der Waals surface area contributed by atoms with Crippen LogP contribution < -0.4 is 15.8 Å². The Morgan fingerprint density at radius 2 is 2.10 bits per heavy atom. The number of halogens is 1. The van der Waals surface area contributed by atoms with E-state index in [1.54, 1.807) is 10.6 Å². The summed E-state index contributed by atoms with van der Waals surface area (Å²) in [6, 6.07) is 4.83. The van der Waals surface area contributed by atoms with Gasteiger partial charge in [0, 0.05) is 0 Å². The van der Waals surface area contributed by atoms with Crippen LogP contribution in [-0.2, 0) is 16.1 Å². The van der Waals surface area contributed by atoms with Gasteiger partial charge in [0.2, 0.25) is 0 Å². The number of nitrogens with zero attached hydrogens (tertiary/aromatic N) is 4. The smallest absolute Gasteiger partial charge is 0.258 e. The van der Waals surface area contributed by atoms with Gasteiger partial charge < -0.3 is 35.3 Å². The van der Waals surface area contributed by atoms with Crippen molar-refractivity contribution in [3.05, 3.63) is 42.7 Å². The molecule has 12 heteroatoms. The third-order valence-corrected chi connectivity index (χ3v) is 4.98.